The van der Waals surface area contributed by atoms with Crippen molar-refractivity contribution in [3.8, 4) is 17.1 Å². The molecule has 0 spiro atoms. The highest BCUT2D eigenvalue weighted by molar-refractivity contribution is 7.18. The molecule has 0 saturated heterocycles. The zero-order valence-corrected chi connectivity index (χ0v) is 12.1. The van der Waals surface area contributed by atoms with Crippen LogP contribution in [0.3, 0.4) is 0 Å². The van der Waals surface area contributed by atoms with Crippen molar-refractivity contribution < 1.29 is 4.74 Å². The van der Waals surface area contributed by atoms with Gasteiger partial charge in [-0.1, -0.05) is 19.1 Å². The number of rotatable bonds is 3. The fourth-order valence-electron chi connectivity index (χ4n) is 2.06. The molecule has 0 saturated carbocycles. The van der Waals surface area contributed by atoms with Crippen LogP contribution in [0.15, 0.2) is 35.1 Å². The summed E-state index contributed by atoms with van der Waals surface area (Å²) in [5, 5.41) is 0.665. The van der Waals surface area contributed by atoms with E-state index < -0.39 is 0 Å². The van der Waals surface area contributed by atoms with E-state index in [1.165, 1.54) is 4.88 Å². The average molecular weight is 286 g/mol. The zero-order chi connectivity index (χ0) is 14.1. The number of nitrogens with one attached hydrogen (secondary N) is 1. The maximum absolute atomic E-state index is 12.1. The predicted molar refractivity (Wildman–Crippen MR) is 81.6 cm³/mol. The second kappa shape index (κ2) is 5.09. The molecule has 3 rings (SSSR count). The molecule has 0 radical (unpaired) electrons. The molecule has 0 aliphatic heterocycles. The number of methoxy groups -OCH3 is 1. The Kier molecular flexibility index (Phi) is 3.28. The number of aryl methyl sites for hydroxylation is 1. The highest BCUT2D eigenvalue weighted by atomic mass is 32.1. The van der Waals surface area contributed by atoms with Gasteiger partial charge in [0.05, 0.1) is 12.5 Å². The largest absolute Gasteiger partial charge is 0.497 e. The van der Waals surface area contributed by atoms with E-state index in [1.54, 1.807) is 18.4 Å². The van der Waals surface area contributed by atoms with Crippen LogP contribution in [0.25, 0.3) is 21.6 Å². The molecule has 0 aliphatic carbocycles. The van der Waals surface area contributed by atoms with Gasteiger partial charge in [-0.3, -0.25) is 4.79 Å². The van der Waals surface area contributed by atoms with Crippen LogP contribution < -0.4 is 10.3 Å². The number of hydrogen-bond acceptors (Lipinski definition) is 4. The van der Waals surface area contributed by atoms with Crippen LogP contribution in [0.5, 0.6) is 5.75 Å². The highest BCUT2D eigenvalue weighted by Crippen LogP contribution is 2.25. The van der Waals surface area contributed by atoms with E-state index in [0.29, 0.717) is 11.2 Å². The van der Waals surface area contributed by atoms with Crippen LogP contribution in [0.2, 0.25) is 0 Å². The van der Waals surface area contributed by atoms with Crippen LogP contribution in [-0.2, 0) is 6.42 Å². The number of H-pyrrole nitrogens is 1. The lowest BCUT2D eigenvalue weighted by Gasteiger charge is -2.03. The summed E-state index contributed by atoms with van der Waals surface area (Å²) >= 11 is 1.57. The monoisotopic (exact) mass is 286 g/mol. The van der Waals surface area contributed by atoms with Crippen molar-refractivity contribution in [3.63, 3.8) is 0 Å². The first-order chi connectivity index (χ1) is 9.71. The normalized spacial score (nSPS) is 10.9. The Hall–Kier alpha value is -2.14. The van der Waals surface area contributed by atoms with Crippen molar-refractivity contribution in [2.45, 2.75) is 13.3 Å². The fraction of sp³-hybridized carbons (Fsp3) is 0.200. The average Bonchev–Trinajstić information content (AvgIpc) is 2.91. The molecular formula is C15H14N2O2S. The SMILES string of the molecule is CCc1cc2c(=O)[nH]c(-c3cccc(OC)c3)nc2s1. The van der Waals surface area contributed by atoms with Crippen LogP contribution in [0.4, 0.5) is 0 Å². The van der Waals surface area contributed by atoms with Gasteiger partial charge in [0.15, 0.2) is 0 Å². The number of hydrogen-bond donors (Lipinski definition) is 1. The van der Waals surface area contributed by atoms with E-state index in [1.807, 2.05) is 30.3 Å². The van der Waals surface area contributed by atoms with E-state index >= 15 is 0 Å². The van der Waals surface area contributed by atoms with Crippen LogP contribution >= 0.6 is 11.3 Å². The molecule has 102 valence electrons. The molecule has 3 aromatic rings. The van der Waals surface area contributed by atoms with E-state index in [9.17, 15) is 4.79 Å². The molecule has 1 aromatic carbocycles. The predicted octanol–water partition coefficient (Wildman–Crippen LogP) is 3.22. The van der Waals surface area contributed by atoms with Gasteiger partial charge in [-0.25, -0.2) is 4.98 Å². The minimum absolute atomic E-state index is 0.0937. The summed E-state index contributed by atoms with van der Waals surface area (Å²) in [6.07, 6.45) is 0.912. The standard InChI is InChI=1S/C15H14N2O2S/c1-3-11-8-12-14(18)16-13(17-15(12)20-11)9-5-4-6-10(7-9)19-2/h4-8H,3H2,1-2H3,(H,16,17,18). The molecule has 4 nitrogen and oxygen atoms in total. The maximum atomic E-state index is 12.1. The second-order valence-electron chi connectivity index (χ2n) is 4.43. The molecule has 2 aromatic heterocycles. The summed E-state index contributed by atoms with van der Waals surface area (Å²) < 4.78 is 5.20. The summed E-state index contributed by atoms with van der Waals surface area (Å²) in [5.74, 6) is 1.32. The van der Waals surface area contributed by atoms with Gasteiger partial charge in [0.25, 0.3) is 5.56 Å². The van der Waals surface area contributed by atoms with Gasteiger partial charge in [0.1, 0.15) is 16.4 Å². The lowest BCUT2D eigenvalue weighted by molar-refractivity contribution is 0.415. The minimum Gasteiger partial charge on any atom is -0.497 e. The number of fused-ring (bicyclic) bond motifs is 1. The number of aromatic nitrogens is 2. The number of aromatic amines is 1. The lowest BCUT2D eigenvalue weighted by Crippen LogP contribution is -2.07. The quantitative estimate of drug-likeness (QED) is 0.804. The summed E-state index contributed by atoms with van der Waals surface area (Å²) in [5.41, 5.74) is 0.749. The van der Waals surface area contributed by atoms with Gasteiger partial charge in [0.2, 0.25) is 0 Å². The Morgan fingerprint density at radius 1 is 1.35 bits per heavy atom. The van der Waals surface area contributed by atoms with E-state index in [2.05, 4.69) is 16.9 Å². The van der Waals surface area contributed by atoms with E-state index in [4.69, 9.17) is 4.74 Å². The van der Waals surface area contributed by atoms with Crippen molar-refractivity contribution in [2.24, 2.45) is 0 Å². The maximum Gasteiger partial charge on any atom is 0.259 e. The van der Waals surface area contributed by atoms with Gasteiger partial charge in [-0.15, -0.1) is 11.3 Å². The van der Waals surface area contributed by atoms with E-state index in [0.717, 1.165) is 22.6 Å². The molecule has 20 heavy (non-hydrogen) atoms. The number of nitrogens with zero attached hydrogens (tertiary/aromatic N) is 1. The number of ether oxygens (including phenoxy) is 1. The van der Waals surface area contributed by atoms with Gasteiger partial charge < -0.3 is 9.72 Å². The van der Waals surface area contributed by atoms with Crippen molar-refractivity contribution in [1.82, 2.24) is 9.97 Å². The zero-order valence-electron chi connectivity index (χ0n) is 11.3. The first-order valence-electron chi connectivity index (χ1n) is 6.38. The summed E-state index contributed by atoms with van der Waals surface area (Å²) in [6, 6.07) is 9.42. The summed E-state index contributed by atoms with van der Waals surface area (Å²) in [4.78, 5) is 21.5. The molecule has 1 N–H and O–H groups in total. The molecule has 0 fully saturated rings. The van der Waals surface area contributed by atoms with Gasteiger partial charge in [-0.2, -0.15) is 0 Å². The van der Waals surface area contributed by atoms with Crippen molar-refractivity contribution in [1.29, 1.82) is 0 Å². The molecule has 0 bridgehead atoms. The Balaban J connectivity index is 2.18. The third kappa shape index (κ3) is 2.20. The van der Waals surface area contributed by atoms with Gasteiger partial charge in [-0.05, 0) is 24.6 Å². The van der Waals surface area contributed by atoms with E-state index in [-0.39, 0.29) is 5.56 Å². The van der Waals surface area contributed by atoms with Crippen molar-refractivity contribution >= 4 is 21.6 Å². The molecule has 2 heterocycles. The van der Waals surface area contributed by atoms with Crippen molar-refractivity contribution in [3.05, 3.63) is 45.6 Å². The Labute approximate surface area is 120 Å². The van der Waals surface area contributed by atoms with Gasteiger partial charge >= 0.3 is 0 Å². The third-order valence-corrected chi connectivity index (χ3v) is 4.32. The first kappa shape index (κ1) is 12.9. The summed E-state index contributed by atoms with van der Waals surface area (Å²) in [7, 11) is 1.62. The number of thiophene rings is 1. The fourth-order valence-corrected chi connectivity index (χ4v) is 3.03. The Morgan fingerprint density at radius 2 is 2.20 bits per heavy atom. The summed E-state index contributed by atoms with van der Waals surface area (Å²) in [6.45, 7) is 2.07. The molecule has 0 unspecified atom stereocenters. The topological polar surface area (TPSA) is 55.0 Å². The van der Waals surface area contributed by atoms with Gasteiger partial charge in [0, 0.05) is 10.4 Å². The van der Waals surface area contributed by atoms with Crippen LogP contribution in [0.1, 0.15) is 11.8 Å². The molecule has 0 amide bonds. The molecule has 5 heteroatoms. The number of benzene rings is 1. The Morgan fingerprint density at radius 3 is 2.95 bits per heavy atom. The third-order valence-electron chi connectivity index (χ3n) is 3.15. The highest BCUT2D eigenvalue weighted by Gasteiger charge is 2.09. The first-order valence-corrected chi connectivity index (χ1v) is 7.20. The molecule has 0 atom stereocenters. The van der Waals surface area contributed by atoms with Crippen LogP contribution in [0, 0.1) is 0 Å². The second-order valence-corrected chi connectivity index (χ2v) is 5.55. The smallest absolute Gasteiger partial charge is 0.259 e. The molecule has 0 aliphatic rings. The van der Waals surface area contributed by atoms with Crippen LogP contribution in [-0.4, -0.2) is 17.1 Å². The minimum atomic E-state index is -0.0937. The lowest BCUT2D eigenvalue weighted by atomic mass is 10.2. The molecular weight excluding hydrogens is 272 g/mol. The van der Waals surface area contributed by atoms with Crippen molar-refractivity contribution in [2.75, 3.05) is 7.11 Å². The Bertz CT molecular complexity index is 820.